The lowest BCUT2D eigenvalue weighted by Crippen LogP contribution is -2.29. The fraction of sp³-hybridized carbons (Fsp3) is 0.727. The van der Waals surface area contributed by atoms with E-state index in [1.807, 2.05) is 18.7 Å². The minimum Gasteiger partial charge on any atom is -0.748 e. The molecule has 1 N–H and O–H groups in total. The number of ether oxygens (including phenoxy) is 1. The van der Waals surface area contributed by atoms with E-state index in [2.05, 4.69) is 21.2 Å². The zero-order valence-corrected chi connectivity index (χ0v) is 12.4. The van der Waals surface area contributed by atoms with Crippen molar-refractivity contribution in [2.24, 2.45) is 0 Å². The van der Waals surface area contributed by atoms with Crippen LogP contribution in [0.2, 0.25) is 0 Å². The van der Waals surface area contributed by atoms with Crippen LogP contribution in [0.1, 0.15) is 26.7 Å². The first-order chi connectivity index (χ1) is 8.41. The van der Waals surface area contributed by atoms with Gasteiger partial charge in [-0.3, -0.25) is 4.98 Å². The van der Waals surface area contributed by atoms with Crippen LogP contribution >= 0.6 is 0 Å². The first kappa shape index (κ1) is 19.4. The summed E-state index contributed by atoms with van der Waals surface area (Å²) in [6.07, 6.45) is 7.52. The second-order valence-electron chi connectivity index (χ2n) is 3.52. The van der Waals surface area contributed by atoms with Crippen molar-refractivity contribution in [3.63, 3.8) is 0 Å². The van der Waals surface area contributed by atoms with Crippen LogP contribution in [0, 0.1) is 0 Å². The molecule has 0 saturated heterocycles. The highest BCUT2D eigenvalue weighted by Crippen LogP contribution is 1.83. The van der Waals surface area contributed by atoms with Gasteiger partial charge in [0.1, 0.15) is 12.4 Å². The molecule has 0 unspecified atom stereocenters. The Morgan fingerprint density at radius 3 is 2.06 bits per heavy atom. The van der Waals surface area contributed by atoms with E-state index in [9.17, 15) is 13.0 Å². The number of hydrogen-bond donors (Lipinski definition) is 1. The summed E-state index contributed by atoms with van der Waals surface area (Å²) >= 11 is 0. The highest BCUT2D eigenvalue weighted by Gasteiger charge is 1.89. The predicted octanol–water partition coefficient (Wildman–Crippen LogP) is 0.916. The quantitative estimate of drug-likeness (QED) is 0.656. The SMILES string of the molecule is CCCS(=O)(=O)[O-].CCC[n+]1cc[nH]c1.COC. The molecule has 6 nitrogen and oxygen atoms in total. The fourth-order valence-corrected chi connectivity index (χ4v) is 1.47. The number of hydrogen-bond acceptors (Lipinski definition) is 4. The maximum absolute atomic E-state index is 9.68. The summed E-state index contributed by atoms with van der Waals surface area (Å²) in [5.74, 6) is -0.243. The van der Waals surface area contributed by atoms with Crippen LogP contribution < -0.4 is 4.57 Å². The maximum Gasteiger partial charge on any atom is 0.241 e. The molecule has 0 amide bonds. The van der Waals surface area contributed by atoms with Crippen LogP contribution in [0.15, 0.2) is 18.7 Å². The highest BCUT2D eigenvalue weighted by atomic mass is 32.2. The van der Waals surface area contributed by atoms with Gasteiger partial charge < -0.3 is 9.29 Å². The summed E-state index contributed by atoms with van der Waals surface area (Å²) in [4.78, 5) is 2.98. The van der Waals surface area contributed by atoms with Crippen molar-refractivity contribution in [1.29, 1.82) is 0 Å². The molecule has 0 spiro atoms. The Hall–Kier alpha value is -0.920. The number of H-pyrrole nitrogens is 1. The van der Waals surface area contributed by atoms with Crippen LogP contribution in [0.5, 0.6) is 0 Å². The monoisotopic (exact) mass is 280 g/mol. The van der Waals surface area contributed by atoms with Crippen LogP contribution in [-0.4, -0.2) is 37.9 Å². The molecule has 1 rings (SSSR count). The first-order valence-corrected chi connectivity index (χ1v) is 7.34. The molecule has 1 heterocycles. The Bertz CT molecular complexity index is 349. The zero-order valence-electron chi connectivity index (χ0n) is 11.5. The number of imidazole rings is 1. The molecule has 7 heteroatoms. The number of methoxy groups -OCH3 is 1. The van der Waals surface area contributed by atoms with Crippen LogP contribution in [0.4, 0.5) is 0 Å². The van der Waals surface area contributed by atoms with E-state index in [1.165, 1.54) is 6.42 Å². The van der Waals surface area contributed by atoms with Crippen molar-refractivity contribution >= 4 is 10.1 Å². The van der Waals surface area contributed by atoms with E-state index in [0.717, 1.165) is 6.54 Å². The Morgan fingerprint density at radius 1 is 1.28 bits per heavy atom. The van der Waals surface area contributed by atoms with Crippen molar-refractivity contribution in [2.45, 2.75) is 33.2 Å². The average Bonchev–Trinajstić information content (AvgIpc) is 2.71. The van der Waals surface area contributed by atoms with Crippen molar-refractivity contribution in [3.8, 4) is 0 Å². The second kappa shape index (κ2) is 12.5. The van der Waals surface area contributed by atoms with Crippen molar-refractivity contribution in [2.75, 3.05) is 20.0 Å². The summed E-state index contributed by atoms with van der Waals surface area (Å²) in [6, 6.07) is 0. The van der Waals surface area contributed by atoms with Gasteiger partial charge in [0.15, 0.2) is 0 Å². The molecule has 1 aromatic heterocycles. The molecular formula is C11H24N2O4S. The topological polar surface area (TPSA) is 86.1 Å². The molecule has 0 aromatic carbocycles. The van der Waals surface area contributed by atoms with E-state index >= 15 is 0 Å². The number of nitrogens with zero attached hydrogens (tertiary/aromatic N) is 1. The number of aryl methyl sites for hydroxylation is 1. The van der Waals surface area contributed by atoms with Gasteiger partial charge in [-0.15, -0.1) is 0 Å². The average molecular weight is 280 g/mol. The number of aromatic amines is 1. The fourth-order valence-electron chi connectivity index (χ4n) is 0.968. The van der Waals surface area contributed by atoms with Gasteiger partial charge in [-0.25, -0.2) is 13.0 Å². The van der Waals surface area contributed by atoms with E-state index < -0.39 is 10.1 Å². The largest absolute Gasteiger partial charge is 0.748 e. The molecule has 0 aliphatic carbocycles. The smallest absolute Gasteiger partial charge is 0.241 e. The standard InChI is InChI=1S/C6H10N2.C3H8O3S.C2H6O/c1-2-4-8-5-3-7-6-8;1-2-3-7(4,5)6;1-3-2/h3,5-6H,2,4H2,1H3;2-3H2,1H3,(H,4,5,6);1-2H3. The number of nitrogens with one attached hydrogen (secondary N) is 1. The van der Waals surface area contributed by atoms with Gasteiger partial charge >= 0.3 is 0 Å². The lowest BCUT2D eigenvalue weighted by molar-refractivity contribution is -0.695. The molecule has 0 aliphatic rings. The maximum atomic E-state index is 9.68. The normalized spacial score (nSPS) is 9.83. The van der Waals surface area contributed by atoms with Crippen molar-refractivity contribution in [3.05, 3.63) is 18.7 Å². The Balaban J connectivity index is 0. The zero-order chi connectivity index (χ0) is 14.4. The Kier molecular flexibility index (Phi) is 13.5. The number of aromatic nitrogens is 2. The summed E-state index contributed by atoms with van der Waals surface area (Å²) in [5.41, 5.74) is 0. The molecule has 18 heavy (non-hydrogen) atoms. The molecule has 0 saturated carbocycles. The summed E-state index contributed by atoms with van der Waals surface area (Å²) < 4.78 is 35.4. The van der Waals surface area contributed by atoms with Gasteiger partial charge in [-0.2, -0.15) is 0 Å². The number of rotatable bonds is 4. The third kappa shape index (κ3) is 17.5. The molecule has 1 aromatic rings. The molecule has 0 radical (unpaired) electrons. The molecule has 0 fully saturated rings. The molecular weight excluding hydrogens is 256 g/mol. The lowest BCUT2D eigenvalue weighted by atomic mass is 10.5. The molecule has 108 valence electrons. The summed E-state index contributed by atoms with van der Waals surface area (Å²) in [7, 11) is -0.674. The first-order valence-electron chi connectivity index (χ1n) is 5.76. The van der Waals surface area contributed by atoms with Gasteiger partial charge in [0, 0.05) is 20.0 Å². The van der Waals surface area contributed by atoms with Gasteiger partial charge in [0.25, 0.3) is 0 Å². The molecule has 0 aliphatic heterocycles. The van der Waals surface area contributed by atoms with Gasteiger partial charge in [-0.05, 0) is 12.8 Å². The highest BCUT2D eigenvalue weighted by molar-refractivity contribution is 7.85. The third-order valence-corrected chi connectivity index (χ3v) is 2.45. The van der Waals surface area contributed by atoms with Crippen molar-refractivity contribution in [1.82, 2.24) is 4.98 Å². The predicted molar refractivity (Wildman–Crippen MR) is 69.1 cm³/mol. The second-order valence-corrected chi connectivity index (χ2v) is 5.04. The van der Waals surface area contributed by atoms with Crippen LogP contribution in [-0.2, 0) is 21.4 Å². The third-order valence-electron chi connectivity index (χ3n) is 1.54. The van der Waals surface area contributed by atoms with Gasteiger partial charge in [0.2, 0.25) is 6.33 Å². The summed E-state index contributed by atoms with van der Waals surface area (Å²) in [5, 5.41) is 0. The summed E-state index contributed by atoms with van der Waals surface area (Å²) in [6.45, 7) is 4.93. The Morgan fingerprint density at radius 2 is 1.83 bits per heavy atom. The van der Waals surface area contributed by atoms with Gasteiger partial charge in [0.05, 0.1) is 16.7 Å². The van der Waals surface area contributed by atoms with Crippen LogP contribution in [0.3, 0.4) is 0 Å². The lowest BCUT2D eigenvalue weighted by Gasteiger charge is -2.00. The van der Waals surface area contributed by atoms with Gasteiger partial charge in [-0.1, -0.05) is 13.8 Å². The van der Waals surface area contributed by atoms with E-state index in [-0.39, 0.29) is 5.75 Å². The minimum absolute atomic E-state index is 0.243. The Labute approximate surface area is 110 Å². The molecule has 0 atom stereocenters. The van der Waals surface area contributed by atoms with E-state index in [1.54, 1.807) is 21.1 Å². The minimum atomic E-state index is -3.92. The van der Waals surface area contributed by atoms with E-state index in [4.69, 9.17) is 0 Å². The molecule has 0 bridgehead atoms. The van der Waals surface area contributed by atoms with E-state index in [0.29, 0.717) is 6.42 Å². The van der Waals surface area contributed by atoms with Crippen molar-refractivity contribution < 1.29 is 22.3 Å². The van der Waals surface area contributed by atoms with Crippen LogP contribution in [0.25, 0.3) is 0 Å².